The van der Waals surface area contributed by atoms with Crippen LogP contribution in [0.5, 0.6) is 0 Å². The van der Waals surface area contributed by atoms with Gasteiger partial charge in [-0.2, -0.15) is 0 Å². The van der Waals surface area contributed by atoms with Crippen molar-refractivity contribution in [1.29, 1.82) is 0 Å². The van der Waals surface area contributed by atoms with Gasteiger partial charge in [0.2, 0.25) is 5.95 Å². The second-order valence-electron chi connectivity index (χ2n) is 5.71. The number of aromatic nitrogens is 2. The van der Waals surface area contributed by atoms with E-state index in [4.69, 9.17) is 0 Å². The van der Waals surface area contributed by atoms with Crippen molar-refractivity contribution in [3.05, 3.63) is 89.7 Å². The van der Waals surface area contributed by atoms with Gasteiger partial charge in [0.15, 0.2) is 0 Å². The van der Waals surface area contributed by atoms with E-state index in [2.05, 4.69) is 20.6 Å². The molecule has 126 valence electrons. The average Bonchev–Trinajstić information content (AvgIpc) is 2.68. The van der Waals surface area contributed by atoms with E-state index in [9.17, 15) is 4.79 Å². The third-order valence-electron chi connectivity index (χ3n) is 3.83. The van der Waals surface area contributed by atoms with E-state index in [0.29, 0.717) is 18.2 Å². The number of rotatable bonds is 6. The molecule has 0 bridgehead atoms. The van der Waals surface area contributed by atoms with Gasteiger partial charge in [-0.05, 0) is 24.1 Å². The summed E-state index contributed by atoms with van der Waals surface area (Å²) in [5.41, 5.74) is 2.51. The Kier molecular flexibility index (Phi) is 5.36. The van der Waals surface area contributed by atoms with Crippen LogP contribution in [-0.2, 0) is 6.54 Å². The summed E-state index contributed by atoms with van der Waals surface area (Å²) >= 11 is 0. The topological polar surface area (TPSA) is 66.9 Å². The fourth-order valence-corrected chi connectivity index (χ4v) is 2.44. The lowest BCUT2D eigenvalue weighted by Crippen LogP contribution is -2.24. The van der Waals surface area contributed by atoms with Crippen LogP contribution in [0.2, 0.25) is 0 Å². The first kappa shape index (κ1) is 16.6. The minimum absolute atomic E-state index is 0.0452. The molecule has 0 aliphatic heterocycles. The van der Waals surface area contributed by atoms with Crippen molar-refractivity contribution in [2.45, 2.75) is 19.5 Å². The molecule has 2 aromatic carbocycles. The van der Waals surface area contributed by atoms with Crippen LogP contribution < -0.4 is 10.6 Å². The molecule has 1 aromatic heterocycles. The van der Waals surface area contributed by atoms with E-state index in [0.717, 1.165) is 11.1 Å². The van der Waals surface area contributed by atoms with Crippen molar-refractivity contribution in [2.24, 2.45) is 0 Å². The van der Waals surface area contributed by atoms with E-state index in [1.807, 2.05) is 67.6 Å². The minimum Gasteiger partial charge on any atom is -0.348 e. The molecule has 5 heteroatoms. The first-order valence-electron chi connectivity index (χ1n) is 8.19. The third kappa shape index (κ3) is 4.64. The molecule has 1 heterocycles. The Labute approximate surface area is 147 Å². The molecule has 0 saturated carbocycles. The standard InChI is InChI=1S/C20H20N4O/c1-15(17-10-6-3-7-11-17)23-20-21-13-12-18(24-20)19(25)22-14-16-8-4-2-5-9-16/h2-13,15H,14H2,1H3,(H,22,25)(H,21,23,24). The third-order valence-corrected chi connectivity index (χ3v) is 3.83. The molecule has 5 nitrogen and oxygen atoms in total. The van der Waals surface area contributed by atoms with Gasteiger partial charge in [0.25, 0.3) is 5.91 Å². The summed E-state index contributed by atoms with van der Waals surface area (Å²) < 4.78 is 0. The van der Waals surface area contributed by atoms with E-state index in [-0.39, 0.29) is 11.9 Å². The predicted octanol–water partition coefficient (Wildman–Crippen LogP) is 3.58. The fraction of sp³-hybridized carbons (Fsp3) is 0.150. The molecule has 0 spiro atoms. The summed E-state index contributed by atoms with van der Waals surface area (Å²) in [6.45, 7) is 2.49. The Morgan fingerprint density at radius 1 is 1.00 bits per heavy atom. The molecule has 0 saturated heterocycles. The zero-order valence-electron chi connectivity index (χ0n) is 14.0. The highest BCUT2D eigenvalue weighted by molar-refractivity contribution is 5.92. The Morgan fingerprint density at radius 2 is 1.68 bits per heavy atom. The molecule has 25 heavy (non-hydrogen) atoms. The number of hydrogen-bond donors (Lipinski definition) is 2. The van der Waals surface area contributed by atoms with Crippen LogP contribution in [0.1, 0.15) is 34.6 Å². The first-order chi connectivity index (χ1) is 12.2. The molecular formula is C20H20N4O. The SMILES string of the molecule is CC(Nc1nccc(C(=O)NCc2ccccc2)n1)c1ccccc1. The van der Waals surface area contributed by atoms with Crippen LogP contribution in [0, 0.1) is 0 Å². The van der Waals surface area contributed by atoms with Crippen molar-refractivity contribution < 1.29 is 4.79 Å². The first-order valence-corrected chi connectivity index (χ1v) is 8.19. The van der Waals surface area contributed by atoms with E-state index < -0.39 is 0 Å². The molecular weight excluding hydrogens is 312 g/mol. The molecule has 1 amide bonds. The van der Waals surface area contributed by atoms with E-state index in [1.165, 1.54) is 0 Å². The number of hydrogen-bond acceptors (Lipinski definition) is 4. The Bertz CT molecular complexity index is 821. The molecule has 3 rings (SSSR count). The van der Waals surface area contributed by atoms with Gasteiger partial charge in [-0.25, -0.2) is 9.97 Å². The summed E-state index contributed by atoms with van der Waals surface area (Å²) in [6.07, 6.45) is 1.59. The number of benzene rings is 2. The molecule has 1 unspecified atom stereocenters. The second kappa shape index (κ2) is 8.06. The Balaban J connectivity index is 1.63. The molecule has 1 atom stereocenters. The maximum Gasteiger partial charge on any atom is 0.270 e. The van der Waals surface area contributed by atoms with Crippen LogP contribution in [0.25, 0.3) is 0 Å². The summed E-state index contributed by atoms with van der Waals surface area (Å²) in [5.74, 6) is 0.213. The van der Waals surface area contributed by atoms with Crippen LogP contribution in [0.3, 0.4) is 0 Å². The van der Waals surface area contributed by atoms with Gasteiger partial charge in [-0.15, -0.1) is 0 Å². The van der Waals surface area contributed by atoms with Crippen molar-refractivity contribution in [1.82, 2.24) is 15.3 Å². The number of carbonyl (C=O) groups is 1. The van der Waals surface area contributed by atoms with Gasteiger partial charge < -0.3 is 10.6 Å². The van der Waals surface area contributed by atoms with Crippen LogP contribution in [0.4, 0.5) is 5.95 Å². The highest BCUT2D eigenvalue weighted by atomic mass is 16.1. The largest absolute Gasteiger partial charge is 0.348 e. The normalized spacial score (nSPS) is 11.6. The highest BCUT2D eigenvalue weighted by Gasteiger charge is 2.11. The lowest BCUT2D eigenvalue weighted by molar-refractivity contribution is 0.0946. The molecule has 0 radical (unpaired) electrons. The van der Waals surface area contributed by atoms with Gasteiger partial charge in [0.1, 0.15) is 5.69 Å². The molecule has 3 aromatic rings. The highest BCUT2D eigenvalue weighted by Crippen LogP contribution is 2.16. The van der Waals surface area contributed by atoms with Gasteiger partial charge in [-0.1, -0.05) is 60.7 Å². The van der Waals surface area contributed by atoms with Gasteiger partial charge in [-0.3, -0.25) is 4.79 Å². The smallest absolute Gasteiger partial charge is 0.270 e. The Morgan fingerprint density at radius 3 is 2.40 bits per heavy atom. The summed E-state index contributed by atoms with van der Waals surface area (Å²) in [7, 11) is 0. The van der Waals surface area contributed by atoms with Crippen LogP contribution in [0.15, 0.2) is 72.9 Å². The molecule has 0 fully saturated rings. The zero-order valence-corrected chi connectivity index (χ0v) is 14.0. The second-order valence-corrected chi connectivity index (χ2v) is 5.71. The quantitative estimate of drug-likeness (QED) is 0.724. The monoisotopic (exact) mass is 332 g/mol. The number of nitrogens with zero attached hydrogens (tertiary/aromatic N) is 2. The van der Waals surface area contributed by atoms with Crippen LogP contribution >= 0.6 is 0 Å². The van der Waals surface area contributed by atoms with Gasteiger partial charge >= 0.3 is 0 Å². The number of carbonyl (C=O) groups excluding carboxylic acids is 1. The molecule has 0 aliphatic rings. The number of amides is 1. The van der Waals surface area contributed by atoms with Crippen molar-refractivity contribution in [3.63, 3.8) is 0 Å². The number of nitrogens with one attached hydrogen (secondary N) is 2. The predicted molar refractivity (Wildman–Crippen MR) is 98.1 cm³/mol. The maximum absolute atomic E-state index is 12.3. The van der Waals surface area contributed by atoms with Crippen molar-refractivity contribution in [3.8, 4) is 0 Å². The summed E-state index contributed by atoms with van der Waals surface area (Å²) in [6, 6.07) is 21.4. The number of anilines is 1. The van der Waals surface area contributed by atoms with Gasteiger partial charge in [0.05, 0.1) is 6.04 Å². The molecule has 2 N–H and O–H groups in total. The summed E-state index contributed by atoms with van der Waals surface area (Å²) in [4.78, 5) is 20.8. The maximum atomic E-state index is 12.3. The summed E-state index contributed by atoms with van der Waals surface area (Å²) in [5, 5.41) is 6.10. The van der Waals surface area contributed by atoms with Crippen molar-refractivity contribution in [2.75, 3.05) is 5.32 Å². The minimum atomic E-state index is -0.221. The lowest BCUT2D eigenvalue weighted by atomic mass is 10.1. The average molecular weight is 332 g/mol. The lowest BCUT2D eigenvalue weighted by Gasteiger charge is -2.14. The van der Waals surface area contributed by atoms with Crippen molar-refractivity contribution >= 4 is 11.9 Å². The Hall–Kier alpha value is -3.21. The van der Waals surface area contributed by atoms with E-state index >= 15 is 0 Å². The van der Waals surface area contributed by atoms with Gasteiger partial charge in [0, 0.05) is 12.7 Å². The molecule has 0 aliphatic carbocycles. The zero-order chi connectivity index (χ0) is 17.5. The van der Waals surface area contributed by atoms with Crippen LogP contribution in [-0.4, -0.2) is 15.9 Å². The van der Waals surface area contributed by atoms with E-state index in [1.54, 1.807) is 12.3 Å². The fourth-order valence-electron chi connectivity index (χ4n) is 2.44.